The van der Waals surface area contributed by atoms with Crippen molar-refractivity contribution < 1.29 is 9.63 Å². The number of aromatic nitrogens is 2. The Morgan fingerprint density at radius 2 is 1.96 bits per heavy atom. The molecule has 1 aromatic heterocycles. The summed E-state index contributed by atoms with van der Waals surface area (Å²) < 4.78 is 5.59. The van der Waals surface area contributed by atoms with Crippen molar-refractivity contribution in [2.75, 3.05) is 26.7 Å². The van der Waals surface area contributed by atoms with Gasteiger partial charge in [-0.3, -0.25) is 4.90 Å². The lowest BCUT2D eigenvalue weighted by Gasteiger charge is -2.37. The summed E-state index contributed by atoms with van der Waals surface area (Å²) in [7, 11) is 2.17. The topological polar surface area (TPSA) is 65.6 Å². The molecule has 2 atom stereocenters. The van der Waals surface area contributed by atoms with Gasteiger partial charge in [0.25, 0.3) is 0 Å². The summed E-state index contributed by atoms with van der Waals surface area (Å²) in [5, 5.41) is 14.4. The minimum atomic E-state index is -0.311. The second kappa shape index (κ2) is 7.23. The largest absolute Gasteiger partial charge is 0.392 e. The number of aliphatic hydroxyl groups is 1. The maximum Gasteiger partial charge on any atom is 0.244 e. The summed E-state index contributed by atoms with van der Waals surface area (Å²) >= 11 is 0. The van der Waals surface area contributed by atoms with Crippen LogP contribution in [0.1, 0.15) is 42.6 Å². The van der Waals surface area contributed by atoms with E-state index in [2.05, 4.69) is 39.1 Å². The van der Waals surface area contributed by atoms with Crippen molar-refractivity contribution in [3.05, 3.63) is 47.6 Å². The summed E-state index contributed by atoms with van der Waals surface area (Å²) in [4.78, 5) is 9.39. The van der Waals surface area contributed by atoms with Gasteiger partial charge in [0.2, 0.25) is 5.89 Å². The molecule has 1 aromatic carbocycles. The molecule has 0 radical (unpaired) electrons. The number of rotatable bonds is 4. The van der Waals surface area contributed by atoms with Crippen LogP contribution < -0.4 is 0 Å². The summed E-state index contributed by atoms with van der Waals surface area (Å²) in [6.45, 7) is 2.91. The highest BCUT2D eigenvalue weighted by molar-refractivity contribution is 5.18. The lowest BCUT2D eigenvalue weighted by atomic mass is 10.0. The number of piperidine rings is 1. The van der Waals surface area contributed by atoms with Gasteiger partial charge in [-0.05, 0) is 45.0 Å². The molecule has 6 nitrogen and oxygen atoms in total. The highest BCUT2D eigenvalue weighted by atomic mass is 16.5. The fourth-order valence-electron chi connectivity index (χ4n) is 4.06. The second-order valence-electron chi connectivity index (χ2n) is 7.35. The summed E-state index contributed by atoms with van der Waals surface area (Å²) in [6.07, 6.45) is 3.30. The molecule has 2 aliphatic rings. The van der Waals surface area contributed by atoms with Crippen LogP contribution in [0.5, 0.6) is 0 Å². The minimum Gasteiger partial charge on any atom is -0.392 e. The van der Waals surface area contributed by atoms with E-state index < -0.39 is 0 Å². The van der Waals surface area contributed by atoms with Crippen LogP contribution in [0.4, 0.5) is 0 Å². The molecule has 0 aliphatic carbocycles. The number of nitrogens with zero attached hydrogens (tertiary/aromatic N) is 4. The van der Waals surface area contributed by atoms with Crippen LogP contribution in [0.25, 0.3) is 0 Å². The zero-order valence-electron chi connectivity index (χ0n) is 14.7. The van der Waals surface area contributed by atoms with E-state index in [1.54, 1.807) is 0 Å². The maximum absolute atomic E-state index is 10.2. The van der Waals surface area contributed by atoms with E-state index in [1.165, 1.54) is 5.56 Å². The first-order valence-electron chi connectivity index (χ1n) is 9.18. The molecule has 0 unspecified atom stereocenters. The molecule has 2 fully saturated rings. The predicted octanol–water partition coefficient (Wildman–Crippen LogP) is 1.86. The number of hydrogen-bond acceptors (Lipinski definition) is 6. The molecule has 2 aromatic rings. The van der Waals surface area contributed by atoms with Gasteiger partial charge in [0.15, 0.2) is 5.82 Å². The normalized spacial score (nSPS) is 26.3. The first-order valence-corrected chi connectivity index (χ1v) is 9.18. The van der Waals surface area contributed by atoms with Crippen LogP contribution in [0.2, 0.25) is 0 Å². The Morgan fingerprint density at radius 1 is 1.20 bits per heavy atom. The van der Waals surface area contributed by atoms with Crippen molar-refractivity contribution in [3.8, 4) is 0 Å². The zero-order valence-corrected chi connectivity index (χ0v) is 14.7. The zero-order chi connectivity index (χ0) is 17.2. The quantitative estimate of drug-likeness (QED) is 0.915. The minimum absolute atomic E-state index is 0.0421. The Morgan fingerprint density at radius 3 is 2.72 bits per heavy atom. The SMILES string of the molecule is CN1CCC(N2C[C@H](O)C[C@H]2c2nc(Cc3ccccc3)no2)CC1. The molecule has 0 amide bonds. The van der Waals surface area contributed by atoms with Crippen molar-refractivity contribution in [2.24, 2.45) is 0 Å². The van der Waals surface area contributed by atoms with E-state index in [1.807, 2.05) is 18.2 Å². The third kappa shape index (κ3) is 3.76. The number of hydrogen-bond donors (Lipinski definition) is 1. The molecule has 2 aliphatic heterocycles. The number of benzene rings is 1. The lowest BCUT2D eigenvalue weighted by molar-refractivity contribution is 0.0880. The Kier molecular flexibility index (Phi) is 4.83. The molecule has 3 heterocycles. The summed E-state index contributed by atoms with van der Waals surface area (Å²) in [5.41, 5.74) is 1.17. The molecule has 4 rings (SSSR count). The van der Waals surface area contributed by atoms with Crippen molar-refractivity contribution >= 4 is 0 Å². The highest BCUT2D eigenvalue weighted by Crippen LogP contribution is 2.35. The van der Waals surface area contributed by atoms with E-state index in [4.69, 9.17) is 4.52 Å². The fourth-order valence-corrected chi connectivity index (χ4v) is 4.06. The number of aliphatic hydroxyl groups excluding tert-OH is 1. The number of β-amino-alcohol motifs (C(OH)–C–C–N with tert-alkyl or cyclic N) is 1. The second-order valence-corrected chi connectivity index (χ2v) is 7.35. The fraction of sp³-hybridized carbons (Fsp3) is 0.579. The van der Waals surface area contributed by atoms with Crippen molar-refractivity contribution in [1.82, 2.24) is 19.9 Å². The highest BCUT2D eigenvalue weighted by Gasteiger charge is 2.40. The van der Waals surface area contributed by atoms with E-state index in [-0.39, 0.29) is 12.1 Å². The van der Waals surface area contributed by atoms with Crippen LogP contribution in [0.3, 0.4) is 0 Å². The molecule has 0 saturated carbocycles. The molecule has 1 N–H and O–H groups in total. The first-order chi connectivity index (χ1) is 12.2. The number of likely N-dealkylation sites (tertiary alicyclic amines) is 2. The third-order valence-corrected chi connectivity index (χ3v) is 5.45. The standard InChI is InChI=1S/C19H26N4O2/c1-22-9-7-15(8-10-22)23-13-16(24)12-17(23)19-20-18(21-25-19)11-14-5-3-2-4-6-14/h2-6,15-17,24H,7-13H2,1H3/t16-,17+/m1/s1. The average molecular weight is 342 g/mol. The summed E-state index contributed by atoms with van der Waals surface area (Å²) in [5.74, 6) is 1.37. The average Bonchev–Trinajstić information content (AvgIpc) is 3.23. The Balaban J connectivity index is 1.48. The maximum atomic E-state index is 10.2. The monoisotopic (exact) mass is 342 g/mol. The first kappa shape index (κ1) is 16.7. The van der Waals surface area contributed by atoms with Gasteiger partial charge in [0.1, 0.15) is 0 Å². The van der Waals surface area contributed by atoms with Gasteiger partial charge >= 0.3 is 0 Å². The van der Waals surface area contributed by atoms with Gasteiger partial charge in [0, 0.05) is 19.0 Å². The smallest absolute Gasteiger partial charge is 0.244 e. The van der Waals surface area contributed by atoms with E-state index >= 15 is 0 Å². The van der Waals surface area contributed by atoms with Crippen LogP contribution in [-0.2, 0) is 6.42 Å². The lowest BCUT2D eigenvalue weighted by Crippen LogP contribution is -2.43. The van der Waals surface area contributed by atoms with Gasteiger partial charge in [-0.15, -0.1) is 0 Å². The van der Waals surface area contributed by atoms with E-state index in [0.29, 0.717) is 37.1 Å². The van der Waals surface area contributed by atoms with Crippen LogP contribution >= 0.6 is 0 Å². The van der Waals surface area contributed by atoms with Gasteiger partial charge in [-0.1, -0.05) is 35.5 Å². The van der Waals surface area contributed by atoms with Gasteiger partial charge in [0.05, 0.1) is 12.1 Å². The molecule has 0 spiro atoms. The predicted molar refractivity (Wildman–Crippen MR) is 94.1 cm³/mol. The molecule has 0 bridgehead atoms. The molecular formula is C19H26N4O2. The van der Waals surface area contributed by atoms with Crippen LogP contribution in [-0.4, -0.2) is 63.9 Å². The molecule has 134 valence electrons. The Bertz CT molecular complexity index is 682. The van der Waals surface area contributed by atoms with Crippen LogP contribution in [0, 0.1) is 0 Å². The van der Waals surface area contributed by atoms with E-state index in [9.17, 15) is 5.11 Å². The van der Waals surface area contributed by atoms with Gasteiger partial charge < -0.3 is 14.5 Å². The van der Waals surface area contributed by atoms with E-state index in [0.717, 1.165) is 25.9 Å². The van der Waals surface area contributed by atoms with Crippen molar-refractivity contribution in [1.29, 1.82) is 0 Å². The third-order valence-electron chi connectivity index (χ3n) is 5.45. The molecule has 6 heteroatoms. The molecule has 2 saturated heterocycles. The Labute approximate surface area is 148 Å². The molecule has 25 heavy (non-hydrogen) atoms. The van der Waals surface area contributed by atoms with Crippen molar-refractivity contribution in [2.45, 2.75) is 43.9 Å². The Hall–Kier alpha value is -1.76. The summed E-state index contributed by atoms with van der Waals surface area (Å²) in [6, 6.07) is 10.7. The van der Waals surface area contributed by atoms with Crippen LogP contribution in [0.15, 0.2) is 34.9 Å². The van der Waals surface area contributed by atoms with Gasteiger partial charge in [-0.2, -0.15) is 4.98 Å². The van der Waals surface area contributed by atoms with Crippen molar-refractivity contribution in [3.63, 3.8) is 0 Å². The van der Waals surface area contributed by atoms with Gasteiger partial charge in [-0.25, -0.2) is 0 Å². The molecular weight excluding hydrogens is 316 g/mol.